The number of ether oxygens (including phenoxy) is 1. The summed E-state index contributed by atoms with van der Waals surface area (Å²) in [6.45, 7) is 2.25. The summed E-state index contributed by atoms with van der Waals surface area (Å²) in [6.07, 6.45) is -2.88. The van der Waals surface area contributed by atoms with E-state index in [1.54, 1.807) is 0 Å². The number of alkyl halides is 2. The van der Waals surface area contributed by atoms with E-state index in [1.807, 2.05) is 19.1 Å². The predicted octanol–water partition coefficient (Wildman–Crippen LogP) is 4.35. The molecule has 0 radical (unpaired) electrons. The molecule has 0 bridgehead atoms. The summed E-state index contributed by atoms with van der Waals surface area (Å²) in [7, 11) is 2.80. The smallest absolute Gasteiger partial charge is 0.318 e. The van der Waals surface area contributed by atoms with E-state index in [-0.39, 0.29) is 11.3 Å². The van der Waals surface area contributed by atoms with Crippen LogP contribution in [-0.4, -0.2) is 31.5 Å². The van der Waals surface area contributed by atoms with E-state index in [2.05, 4.69) is 5.32 Å². The van der Waals surface area contributed by atoms with E-state index in [0.717, 1.165) is 15.8 Å². The van der Waals surface area contributed by atoms with Crippen molar-refractivity contribution in [1.29, 1.82) is 0 Å². The zero-order valence-electron chi connectivity index (χ0n) is 14.1. The third-order valence-corrected chi connectivity index (χ3v) is 4.59. The van der Waals surface area contributed by atoms with Crippen LogP contribution < -0.4 is 10.1 Å². The molecule has 136 valence electrons. The molecule has 1 unspecified atom stereocenters. The lowest BCUT2D eigenvalue weighted by molar-refractivity contribution is 0.0971. The van der Waals surface area contributed by atoms with Crippen LogP contribution in [-0.2, 0) is 6.54 Å². The highest BCUT2D eigenvalue weighted by Crippen LogP contribution is 2.26. The van der Waals surface area contributed by atoms with Gasteiger partial charge in [0.25, 0.3) is 6.43 Å². The largest absolute Gasteiger partial charge is 0.494 e. The zero-order valence-corrected chi connectivity index (χ0v) is 14.9. The molecular formula is C17H19F3N2O2S. The first-order chi connectivity index (χ1) is 11.8. The van der Waals surface area contributed by atoms with Gasteiger partial charge in [-0.05, 0) is 36.8 Å². The number of hydrogen-bond acceptors (Lipinski definition) is 3. The number of aryl methyl sites for hydroxylation is 1. The molecule has 2 amide bonds. The summed E-state index contributed by atoms with van der Waals surface area (Å²) < 4.78 is 45.3. The van der Waals surface area contributed by atoms with Crippen LogP contribution in [0.4, 0.5) is 18.0 Å². The maximum Gasteiger partial charge on any atom is 0.318 e. The second kappa shape index (κ2) is 8.24. The molecule has 1 aromatic heterocycles. The van der Waals surface area contributed by atoms with Crippen molar-refractivity contribution in [1.82, 2.24) is 10.2 Å². The predicted molar refractivity (Wildman–Crippen MR) is 90.8 cm³/mol. The first kappa shape index (κ1) is 19.1. The minimum Gasteiger partial charge on any atom is -0.494 e. The van der Waals surface area contributed by atoms with Crippen LogP contribution in [0.5, 0.6) is 5.75 Å². The van der Waals surface area contributed by atoms with Crippen LogP contribution >= 0.6 is 11.3 Å². The fraction of sp³-hybridized carbons (Fsp3) is 0.353. The SMILES string of the molecule is COc1ccc(C(NC(=O)N(C)Cc2ccc(C)s2)C(F)F)cc1F. The van der Waals surface area contributed by atoms with Crippen LogP contribution in [0.1, 0.15) is 21.4 Å². The Labute approximate surface area is 148 Å². The monoisotopic (exact) mass is 372 g/mol. The molecule has 1 N–H and O–H groups in total. The standard InChI is InChI=1S/C17H19F3N2O2S/c1-10-4-6-12(25-10)9-22(2)17(23)21-15(16(19)20)11-5-7-14(24-3)13(18)8-11/h4-8,15-16H,9H2,1-3H3,(H,21,23). The van der Waals surface area contributed by atoms with Crippen molar-refractivity contribution >= 4 is 17.4 Å². The van der Waals surface area contributed by atoms with E-state index >= 15 is 0 Å². The average Bonchev–Trinajstić information content (AvgIpc) is 2.96. The Morgan fingerprint density at radius 1 is 1.32 bits per heavy atom. The maximum absolute atomic E-state index is 13.8. The second-order valence-electron chi connectivity index (χ2n) is 5.52. The summed E-state index contributed by atoms with van der Waals surface area (Å²) in [4.78, 5) is 15.6. The van der Waals surface area contributed by atoms with Gasteiger partial charge in [0.2, 0.25) is 0 Å². The van der Waals surface area contributed by atoms with Crippen LogP contribution in [0.2, 0.25) is 0 Å². The van der Waals surface area contributed by atoms with Crippen molar-refractivity contribution < 1.29 is 22.7 Å². The van der Waals surface area contributed by atoms with Crippen molar-refractivity contribution in [3.05, 3.63) is 51.5 Å². The van der Waals surface area contributed by atoms with Crippen molar-refractivity contribution in [2.24, 2.45) is 0 Å². The van der Waals surface area contributed by atoms with E-state index in [9.17, 15) is 18.0 Å². The van der Waals surface area contributed by atoms with Gasteiger partial charge in [0.05, 0.1) is 13.7 Å². The molecule has 2 rings (SSSR count). The molecule has 0 saturated carbocycles. The van der Waals surface area contributed by atoms with E-state index in [1.165, 1.54) is 42.5 Å². The molecule has 0 aliphatic heterocycles. The van der Waals surface area contributed by atoms with Gasteiger partial charge in [-0.1, -0.05) is 6.07 Å². The summed E-state index contributed by atoms with van der Waals surface area (Å²) >= 11 is 1.53. The van der Waals surface area contributed by atoms with Crippen molar-refractivity contribution in [3.63, 3.8) is 0 Å². The Bertz CT molecular complexity index is 736. The second-order valence-corrected chi connectivity index (χ2v) is 6.90. The molecule has 25 heavy (non-hydrogen) atoms. The third kappa shape index (κ3) is 4.88. The number of amides is 2. The highest BCUT2D eigenvalue weighted by Gasteiger charge is 2.26. The Morgan fingerprint density at radius 3 is 2.56 bits per heavy atom. The van der Waals surface area contributed by atoms with Gasteiger partial charge in [-0.2, -0.15) is 0 Å². The van der Waals surface area contributed by atoms with Crippen molar-refractivity contribution in [2.45, 2.75) is 25.9 Å². The molecule has 1 atom stereocenters. The van der Waals surface area contributed by atoms with E-state index in [0.29, 0.717) is 6.54 Å². The number of rotatable bonds is 6. The quantitative estimate of drug-likeness (QED) is 0.819. The summed E-state index contributed by atoms with van der Waals surface area (Å²) in [6, 6.07) is 5.04. The normalized spacial score (nSPS) is 12.1. The Kier molecular flexibility index (Phi) is 6.30. The van der Waals surface area contributed by atoms with Gasteiger partial charge in [0.1, 0.15) is 6.04 Å². The van der Waals surface area contributed by atoms with Gasteiger partial charge in [0.15, 0.2) is 11.6 Å². The molecule has 2 aromatic rings. The number of thiophene rings is 1. The zero-order chi connectivity index (χ0) is 18.6. The molecular weight excluding hydrogens is 353 g/mol. The van der Waals surface area contributed by atoms with Crippen molar-refractivity contribution in [2.75, 3.05) is 14.2 Å². The highest BCUT2D eigenvalue weighted by atomic mass is 32.1. The van der Waals surface area contributed by atoms with E-state index < -0.39 is 24.3 Å². The lowest BCUT2D eigenvalue weighted by Crippen LogP contribution is -2.41. The lowest BCUT2D eigenvalue weighted by Gasteiger charge is -2.23. The lowest BCUT2D eigenvalue weighted by atomic mass is 10.1. The fourth-order valence-corrected chi connectivity index (χ4v) is 3.23. The van der Waals surface area contributed by atoms with Gasteiger partial charge in [-0.25, -0.2) is 18.0 Å². The maximum atomic E-state index is 13.8. The van der Waals surface area contributed by atoms with Crippen LogP contribution in [0, 0.1) is 12.7 Å². The average molecular weight is 372 g/mol. The number of nitrogens with one attached hydrogen (secondary N) is 1. The van der Waals surface area contributed by atoms with Crippen LogP contribution in [0.25, 0.3) is 0 Å². The summed E-state index contributed by atoms with van der Waals surface area (Å²) in [5, 5.41) is 2.26. The Morgan fingerprint density at radius 2 is 2.04 bits per heavy atom. The van der Waals surface area contributed by atoms with Crippen LogP contribution in [0.15, 0.2) is 30.3 Å². The van der Waals surface area contributed by atoms with E-state index in [4.69, 9.17) is 4.74 Å². The molecule has 0 fully saturated rings. The molecule has 0 spiro atoms. The molecule has 0 aliphatic rings. The number of carbonyl (C=O) groups is 1. The molecule has 8 heteroatoms. The number of halogens is 3. The number of hydrogen-bond donors (Lipinski definition) is 1. The summed E-state index contributed by atoms with van der Waals surface area (Å²) in [5.74, 6) is -0.810. The summed E-state index contributed by atoms with van der Waals surface area (Å²) in [5.41, 5.74) is -0.0259. The number of urea groups is 1. The van der Waals surface area contributed by atoms with Gasteiger partial charge in [-0.15, -0.1) is 11.3 Å². The first-order valence-electron chi connectivity index (χ1n) is 7.50. The van der Waals surface area contributed by atoms with Gasteiger partial charge < -0.3 is 15.0 Å². The minimum atomic E-state index is -2.88. The molecule has 0 aliphatic carbocycles. The minimum absolute atomic E-state index is 0.0259. The van der Waals surface area contributed by atoms with Gasteiger partial charge in [0, 0.05) is 16.8 Å². The topological polar surface area (TPSA) is 41.6 Å². The molecule has 0 saturated heterocycles. The molecule has 4 nitrogen and oxygen atoms in total. The van der Waals surface area contributed by atoms with Crippen molar-refractivity contribution in [3.8, 4) is 5.75 Å². The number of methoxy groups -OCH3 is 1. The van der Waals surface area contributed by atoms with Gasteiger partial charge >= 0.3 is 6.03 Å². The van der Waals surface area contributed by atoms with Gasteiger partial charge in [-0.3, -0.25) is 0 Å². The molecule has 1 aromatic carbocycles. The number of nitrogens with zero attached hydrogens (tertiary/aromatic N) is 1. The Balaban J connectivity index is 2.10. The highest BCUT2D eigenvalue weighted by molar-refractivity contribution is 7.11. The molecule has 1 heterocycles. The van der Waals surface area contributed by atoms with Crippen LogP contribution in [0.3, 0.4) is 0 Å². The number of benzene rings is 1. The third-order valence-electron chi connectivity index (χ3n) is 3.60. The Hall–Kier alpha value is -2.22. The fourth-order valence-electron chi connectivity index (χ4n) is 2.29. The first-order valence-corrected chi connectivity index (χ1v) is 8.32. The number of carbonyl (C=O) groups excluding carboxylic acids is 1.